The minimum absolute atomic E-state index is 0.606. The highest BCUT2D eigenvalue weighted by atomic mass is 16.5. The summed E-state index contributed by atoms with van der Waals surface area (Å²) in [6, 6.07) is 3.88. The van der Waals surface area contributed by atoms with E-state index < -0.39 is 0 Å². The molecule has 1 aromatic carbocycles. The number of aromatic amines is 1. The number of rotatable bonds is 7. The van der Waals surface area contributed by atoms with Gasteiger partial charge in [-0.1, -0.05) is 0 Å². The van der Waals surface area contributed by atoms with Gasteiger partial charge in [-0.3, -0.25) is 5.10 Å². The van der Waals surface area contributed by atoms with E-state index in [1.807, 2.05) is 25.3 Å². The van der Waals surface area contributed by atoms with Crippen LogP contribution in [0.4, 0.5) is 0 Å². The zero-order chi connectivity index (χ0) is 15.2. The maximum atomic E-state index is 5.34. The number of nitrogens with zero attached hydrogens (tertiary/aromatic N) is 1. The van der Waals surface area contributed by atoms with Gasteiger partial charge in [0.05, 0.1) is 27.5 Å². The first-order chi connectivity index (χ1) is 10.2. The van der Waals surface area contributed by atoms with Gasteiger partial charge in [0, 0.05) is 24.3 Å². The third-order valence-electron chi connectivity index (χ3n) is 3.30. The maximum Gasteiger partial charge on any atom is 0.203 e. The van der Waals surface area contributed by atoms with Crippen molar-refractivity contribution in [1.29, 1.82) is 0 Å². The van der Waals surface area contributed by atoms with Crippen molar-refractivity contribution in [2.75, 3.05) is 21.3 Å². The van der Waals surface area contributed by atoms with Gasteiger partial charge < -0.3 is 19.5 Å². The molecular weight excluding hydrogens is 270 g/mol. The monoisotopic (exact) mass is 291 g/mol. The number of hydrogen-bond acceptors (Lipinski definition) is 5. The van der Waals surface area contributed by atoms with Gasteiger partial charge in [-0.25, -0.2) is 0 Å². The maximum absolute atomic E-state index is 5.34. The molecule has 6 heteroatoms. The van der Waals surface area contributed by atoms with Crippen LogP contribution in [0.1, 0.15) is 16.8 Å². The lowest BCUT2D eigenvalue weighted by Crippen LogP contribution is -2.13. The van der Waals surface area contributed by atoms with Gasteiger partial charge in [-0.15, -0.1) is 0 Å². The Morgan fingerprint density at radius 2 is 1.71 bits per heavy atom. The van der Waals surface area contributed by atoms with Crippen LogP contribution in [0.2, 0.25) is 0 Å². The normalized spacial score (nSPS) is 10.5. The molecule has 0 aliphatic heterocycles. The van der Waals surface area contributed by atoms with E-state index in [2.05, 4.69) is 15.5 Å². The van der Waals surface area contributed by atoms with Crippen LogP contribution in [0.5, 0.6) is 17.2 Å². The Bertz CT molecular complexity index is 571. The lowest BCUT2D eigenvalue weighted by atomic mass is 10.1. The van der Waals surface area contributed by atoms with Crippen LogP contribution in [0.25, 0.3) is 0 Å². The molecule has 0 radical (unpaired) electrons. The number of methoxy groups -OCH3 is 3. The molecule has 114 valence electrons. The summed E-state index contributed by atoms with van der Waals surface area (Å²) >= 11 is 0. The van der Waals surface area contributed by atoms with Crippen LogP contribution in [-0.4, -0.2) is 31.5 Å². The number of benzene rings is 1. The predicted octanol–water partition coefficient (Wildman–Crippen LogP) is 2.03. The average molecular weight is 291 g/mol. The van der Waals surface area contributed by atoms with Crippen LogP contribution < -0.4 is 19.5 Å². The number of nitrogens with one attached hydrogen (secondary N) is 2. The molecule has 0 bridgehead atoms. The molecule has 0 spiro atoms. The molecule has 0 aliphatic carbocycles. The van der Waals surface area contributed by atoms with Crippen molar-refractivity contribution < 1.29 is 14.2 Å². The van der Waals surface area contributed by atoms with Crippen molar-refractivity contribution in [3.05, 3.63) is 35.2 Å². The molecule has 6 nitrogen and oxygen atoms in total. The Kier molecular flexibility index (Phi) is 5.05. The summed E-state index contributed by atoms with van der Waals surface area (Å²) in [4.78, 5) is 0. The van der Waals surface area contributed by atoms with Gasteiger partial charge in [-0.2, -0.15) is 5.10 Å². The second-order valence-corrected chi connectivity index (χ2v) is 4.66. The molecule has 2 aromatic rings. The standard InChI is InChI=1S/C15H21N3O3/c1-10-12(9-17-18-10)8-16-7-11-5-13(19-2)15(21-4)14(6-11)20-3/h5-6,9,16H,7-8H2,1-4H3,(H,17,18). The van der Waals surface area contributed by atoms with Crippen molar-refractivity contribution >= 4 is 0 Å². The Morgan fingerprint density at radius 3 is 2.19 bits per heavy atom. The van der Waals surface area contributed by atoms with Gasteiger partial charge in [0.1, 0.15) is 0 Å². The summed E-state index contributed by atoms with van der Waals surface area (Å²) in [5.74, 6) is 1.93. The highest BCUT2D eigenvalue weighted by Gasteiger charge is 2.13. The molecule has 1 heterocycles. The predicted molar refractivity (Wildman–Crippen MR) is 80.0 cm³/mol. The van der Waals surface area contributed by atoms with E-state index in [0.717, 1.165) is 23.4 Å². The second-order valence-electron chi connectivity index (χ2n) is 4.66. The topological polar surface area (TPSA) is 68.4 Å². The molecule has 0 unspecified atom stereocenters. The van der Waals surface area contributed by atoms with Crippen LogP contribution in [-0.2, 0) is 13.1 Å². The molecule has 0 aliphatic rings. The molecule has 0 saturated heterocycles. The van der Waals surface area contributed by atoms with Crippen molar-refractivity contribution in [3.63, 3.8) is 0 Å². The highest BCUT2D eigenvalue weighted by molar-refractivity contribution is 5.53. The van der Waals surface area contributed by atoms with Crippen molar-refractivity contribution in [3.8, 4) is 17.2 Å². The summed E-state index contributed by atoms with van der Waals surface area (Å²) in [6.07, 6.45) is 1.83. The lowest BCUT2D eigenvalue weighted by Gasteiger charge is -2.14. The zero-order valence-corrected chi connectivity index (χ0v) is 12.8. The summed E-state index contributed by atoms with van der Waals surface area (Å²) in [7, 11) is 4.83. The molecular formula is C15H21N3O3. The molecule has 0 saturated carbocycles. The Morgan fingerprint density at radius 1 is 1.05 bits per heavy atom. The van der Waals surface area contributed by atoms with Gasteiger partial charge in [-0.05, 0) is 24.6 Å². The second kappa shape index (κ2) is 6.99. The fourth-order valence-electron chi connectivity index (χ4n) is 2.13. The zero-order valence-electron chi connectivity index (χ0n) is 12.8. The lowest BCUT2D eigenvalue weighted by molar-refractivity contribution is 0.323. The summed E-state index contributed by atoms with van der Waals surface area (Å²) in [5.41, 5.74) is 3.29. The van der Waals surface area contributed by atoms with Gasteiger partial charge in [0.15, 0.2) is 11.5 Å². The number of ether oxygens (including phenoxy) is 3. The molecule has 0 amide bonds. The SMILES string of the molecule is COc1cc(CNCc2cn[nH]c2C)cc(OC)c1OC. The quantitative estimate of drug-likeness (QED) is 0.817. The number of hydrogen-bond donors (Lipinski definition) is 2. The fraction of sp³-hybridized carbons (Fsp3) is 0.400. The number of aromatic nitrogens is 2. The molecule has 2 rings (SSSR count). The molecule has 0 fully saturated rings. The fourth-order valence-corrected chi connectivity index (χ4v) is 2.13. The van der Waals surface area contributed by atoms with Crippen LogP contribution in [0.15, 0.2) is 18.3 Å². The summed E-state index contributed by atoms with van der Waals surface area (Å²) in [5, 5.41) is 10.3. The third-order valence-corrected chi connectivity index (χ3v) is 3.30. The average Bonchev–Trinajstić information content (AvgIpc) is 2.91. The van der Waals surface area contributed by atoms with Crippen LogP contribution >= 0.6 is 0 Å². The first-order valence-corrected chi connectivity index (χ1v) is 6.68. The first-order valence-electron chi connectivity index (χ1n) is 6.68. The van der Waals surface area contributed by atoms with Crippen LogP contribution in [0, 0.1) is 6.92 Å². The van der Waals surface area contributed by atoms with Crippen LogP contribution in [0.3, 0.4) is 0 Å². The summed E-state index contributed by atoms with van der Waals surface area (Å²) in [6.45, 7) is 3.45. The largest absolute Gasteiger partial charge is 0.493 e. The molecule has 2 N–H and O–H groups in total. The van der Waals surface area contributed by atoms with Crippen molar-refractivity contribution in [2.24, 2.45) is 0 Å². The number of H-pyrrole nitrogens is 1. The number of aryl methyl sites for hydroxylation is 1. The van der Waals surface area contributed by atoms with E-state index in [1.54, 1.807) is 21.3 Å². The van der Waals surface area contributed by atoms with Gasteiger partial charge in [0.2, 0.25) is 5.75 Å². The van der Waals surface area contributed by atoms with E-state index in [9.17, 15) is 0 Å². The molecule has 0 atom stereocenters. The minimum Gasteiger partial charge on any atom is -0.493 e. The Labute approximate surface area is 124 Å². The van der Waals surface area contributed by atoms with Crippen molar-refractivity contribution in [2.45, 2.75) is 20.0 Å². The van der Waals surface area contributed by atoms with E-state index >= 15 is 0 Å². The molecule has 1 aromatic heterocycles. The third kappa shape index (κ3) is 3.46. The highest BCUT2D eigenvalue weighted by Crippen LogP contribution is 2.38. The summed E-state index contributed by atoms with van der Waals surface area (Å²) < 4.78 is 16.0. The minimum atomic E-state index is 0.606. The van der Waals surface area contributed by atoms with Crippen molar-refractivity contribution in [1.82, 2.24) is 15.5 Å². The van der Waals surface area contributed by atoms with Gasteiger partial charge >= 0.3 is 0 Å². The van der Waals surface area contributed by atoms with E-state index in [-0.39, 0.29) is 0 Å². The van der Waals surface area contributed by atoms with E-state index in [1.165, 1.54) is 0 Å². The smallest absolute Gasteiger partial charge is 0.203 e. The Hall–Kier alpha value is -2.21. The first kappa shape index (κ1) is 15.2. The van der Waals surface area contributed by atoms with Gasteiger partial charge in [0.25, 0.3) is 0 Å². The molecule has 21 heavy (non-hydrogen) atoms. The van der Waals surface area contributed by atoms with E-state index in [0.29, 0.717) is 23.8 Å². The van der Waals surface area contributed by atoms with E-state index in [4.69, 9.17) is 14.2 Å². The Balaban J connectivity index is 2.08.